The van der Waals surface area contributed by atoms with Crippen LogP contribution in [0.1, 0.15) is 50.7 Å². The van der Waals surface area contributed by atoms with Crippen LogP contribution in [0.15, 0.2) is 60.1 Å². The molecule has 0 radical (unpaired) electrons. The van der Waals surface area contributed by atoms with Crippen LogP contribution in [0.25, 0.3) is 6.08 Å². The summed E-state index contributed by atoms with van der Waals surface area (Å²) >= 11 is 0. The smallest absolute Gasteiger partial charge is 0.445 e. The third-order valence-electron chi connectivity index (χ3n) is 6.39. The van der Waals surface area contributed by atoms with Crippen LogP contribution in [0, 0.1) is 0 Å². The maximum Gasteiger partial charge on any atom is 0.492 e. The quantitative estimate of drug-likeness (QED) is 0.599. The molecule has 4 rings (SSSR count). The number of carbonyl (C=O) groups is 1. The molecule has 2 aliphatic rings. The average molecular weight is 465 g/mol. The molecule has 2 heterocycles. The van der Waals surface area contributed by atoms with Crippen LogP contribution < -0.4 is 5.32 Å². The Kier molecular flexibility index (Phi) is 7.43. The van der Waals surface area contributed by atoms with Gasteiger partial charge in [-0.3, -0.25) is 0 Å². The zero-order valence-corrected chi connectivity index (χ0v) is 20.2. The van der Waals surface area contributed by atoms with Gasteiger partial charge in [0.2, 0.25) is 0 Å². The Morgan fingerprint density at radius 1 is 1.00 bits per heavy atom. The van der Waals surface area contributed by atoms with E-state index in [2.05, 4.69) is 5.32 Å². The van der Waals surface area contributed by atoms with E-state index in [1.165, 1.54) is 0 Å². The van der Waals surface area contributed by atoms with Crippen LogP contribution in [-0.4, -0.2) is 44.2 Å². The fourth-order valence-corrected chi connectivity index (χ4v) is 3.66. The summed E-state index contributed by atoms with van der Waals surface area (Å²) in [5, 5.41) is 2.83. The summed E-state index contributed by atoms with van der Waals surface area (Å²) in [4.78, 5) is 12.4. The highest BCUT2D eigenvalue weighted by molar-refractivity contribution is 6.56. The van der Waals surface area contributed by atoms with Crippen molar-refractivity contribution in [3.63, 3.8) is 0 Å². The van der Waals surface area contributed by atoms with Gasteiger partial charge in [0, 0.05) is 12.1 Å². The highest BCUT2D eigenvalue weighted by Crippen LogP contribution is 2.38. The summed E-state index contributed by atoms with van der Waals surface area (Å²) in [6.07, 6.45) is 1.15. The van der Waals surface area contributed by atoms with E-state index >= 15 is 0 Å². The third kappa shape index (κ3) is 5.88. The second-order valence-electron chi connectivity index (χ2n) is 9.46. The number of ether oxygens (including phenoxy) is 3. The first-order chi connectivity index (χ1) is 16.2. The SMILES string of the molecule is CC1(C)OB(C(=Cc2ccc(C3OCCO3)cc2)CNC(=O)OCc2ccccc2)OC1(C)C. The number of hydrogen-bond donors (Lipinski definition) is 1. The van der Waals surface area contributed by atoms with E-state index in [0.717, 1.165) is 22.2 Å². The van der Waals surface area contributed by atoms with Crippen molar-refractivity contribution in [2.75, 3.05) is 19.8 Å². The van der Waals surface area contributed by atoms with Crippen molar-refractivity contribution in [3.05, 3.63) is 76.8 Å². The van der Waals surface area contributed by atoms with E-state index in [4.69, 9.17) is 23.5 Å². The van der Waals surface area contributed by atoms with E-state index in [1.807, 2.05) is 88.4 Å². The van der Waals surface area contributed by atoms with Crippen molar-refractivity contribution in [2.45, 2.75) is 51.8 Å². The lowest BCUT2D eigenvalue weighted by Gasteiger charge is -2.32. The fourth-order valence-electron chi connectivity index (χ4n) is 3.66. The summed E-state index contributed by atoms with van der Waals surface area (Å²) in [6, 6.07) is 17.5. The molecule has 0 aromatic heterocycles. The highest BCUT2D eigenvalue weighted by atomic mass is 16.7. The number of hydrogen-bond acceptors (Lipinski definition) is 6. The number of carbonyl (C=O) groups excluding carboxylic acids is 1. The molecule has 2 fully saturated rings. The van der Waals surface area contributed by atoms with Crippen LogP contribution >= 0.6 is 0 Å². The predicted octanol–water partition coefficient (Wildman–Crippen LogP) is 4.67. The largest absolute Gasteiger partial charge is 0.492 e. The third-order valence-corrected chi connectivity index (χ3v) is 6.39. The second kappa shape index (κ2) is 10.3. The molecule has 0 aliphatic carbocycles. The summed E-state index contributed by atoms with van der Waals surface area (Å²) in [7, 11) is -0.597. The van der Waals surface area contributed by atoms with E-state index in [-0.39, 0.29) is 19.4 Å². The normalized spacial score (nSPS) is 19.9. The molecule has 7 nitrogen and oxygen atoms in total. The molecule has 2 saturated heterocycles. The molecule has 0 atom stereocenters. The van der Waals surface area contributed by atoms with Crippen molar-refractivity contribution in [2.24, 2.45) is 0 Å². The standard InChI is InChI=1S/C26H32BNO6/c1-25(2)26(3,4)34-27(33-25)22(17-28-24(29)32-18-20-8-6-5-7-9-20)16-19-10-12-21(13-11-19)23-30-14-15-31-23/h5-13,16,23H,14-15,17-18H2,1-4H3,(H,28,29). The summed E-state index contributed by atoms with van der Waals surface area (Å²) in [5.74, 6) is 0. The summed E-state index contributed by atoms with van der Waals surface area (Å²) in [5.41, 5.74) is 2.64. The van der Waals surface area contributed by atoms with Gasteiger partial charge in [-0.2, -0.15) is 0 Å². The van der Waals surface area contributed by atoms with E-state index in [1.54, 1.807) is 0 Å². The van der Waals surface area contributed by atoms with E-state index in [9.17, 15) is 4.79 Å². The Bertz CT molecular complexity index is 984. The van der Waals surface area contributed by atoms with Gasteiger partial charge < -0.3 is 28.8 Å². The summed E-state index contributed by atoms with van der Waals surface area (Å²) < 4.78 is 29.0. The molecule has 0 bridgehead atoms. The van der Waals surface area contributed by atoms with Crippen molar-refractivity contribution in [1.82, 2.24) is 5.32 Å². The second-order valence-corrected chi connectivity index (χ2v) is 9.46. The van der Waals surface area contributed by atoms with Crippen molar-refractivity contribution in [3.8, 4) is 0 Å². The molecule has 2 aromatic rings. The van der Waals surface area contributed by atoms with Gasteiger partial charge in [0.1, 0.15) is 6.61 Å². The zero-order chi connectivity index (χ0) is 24.2. The minimum absolute atomic E-state index is 0.203. The topological polar surface area (TPSA) is 75.2 Å². The number of nitrogens with one attached hydrogen (secondary N) is 1. The van der Waals surface area contributed by atoms with Crippen LogP contribution in [0.2, 0.25) is 0 Å². The lowest BCUT2D eigenvalue weighted by Crippen LogP contribution is -2.41. The number of alkyl carbamates (subject to hydrolysis) is 1. The van der Waals surface area contributed by atoms with Crippen LogP contribution in [0.5, 0.6) is 0 Å². The maximum atomic E-state index is 12.4. The Hall–Kier alpha value is -2.65. The van der Waals surface area contributed by atoms with Gasteiger partial charge in [-0.05, 0) is 44.3 Å². The van der Waals surface area contributed by atoms with Crippen LogP contribution in [-0.2, 0) is 30.1 Å². The minimum Gasteiger partial charge on any atom is -0.445 e. The molecule has 34 heavy (non-hydrogen) atoms. The summed E-state index contributed by atoms with van der Waals surface area (Å²) in [6.45, 7) is 9.64. The Morgan fingerprint density at radius 3 is 2.24 bits per heavy atom. The predicted molar refractivity (Wildman–Crippen MR) is 130 cm³/mol. The molecule has 0 unspecified atom stereocenters. The molecule has 2 aliphatic heterocycles. The maximum absolute atomic E-state index is 12.4. The first kappa shape index (κ1) is 24.5. The lowest BCUT2D eigenvalue weighted by atomic mass is 9.77. The Labute approximate surface area is 201 Å². The number of benzene rings is 2. The van der Waals surface area contributed by atoms with Gasteiger partial charge in [0.05, 0.1) is 24.4 Å². The monoisotopic (exact) mass is 465 g/mol. The number of rotatable bonds is 7. The first-order valence-corrected chi connectivity index (χ1v) is 11.6. The van der Waals surface area contributed by atoms with Gasteiger partial charge in [0.25, 0.3) is 0 Å². The van der Waals surface area contributed by atoms with Gasteiger partial charge in [-0.15, -0.1) is 0 Å². The van der Waals surface area contributed by atoms with Crippen LogP contribution in [0.4, 0.5) is 4.79 Å². The molecule has 0 spiro atoms. The molecule has 8 heteroatoms. The first-order valence-electron chi connectivity index (χ1n) is 11.6. The van der Waals surface area contributed by atoms with Crippen molar-refractivity contribution in [1.29, 1.82) is 0 Å². The van der Waals surface area contributed by atoms with Crippen LogP contribution in [0.3, 0.4) is 0 Å². The van der Waals surface area contributed by atoms with Gasteiger partial charge in [-0.1, -0.05) is 60.7 Å². The molecule has 1 amide bonds. The minimum atomic E-state index is -0.597. The van der Waals surface area contributed by atoms with Gasteiger partial charge >= 0.3 is 13.2 Å². The lowest BCUT2D eigenvalue weighted by molar-refractivity contribution is -0.0441. The van der Waals surface area contributed by atoms with E-state index in [0.29, 0.717) is 13.2 Å². The average Bonchev–Trinajstić information content (AvgIpc) is 3.42. The Morgan fingerprint density at radius 2 is 1.62 bits per heavy atom. The Balaban J connectivity index is 1.46. The van der Waals surface area contributed by atoms with Gasteiger partial charge in [-0.25, -0.2) is 4.79 Å². The molecular weight excluding hydrogens is 433 g/mol. The molecule has 0 saturated carbocycles. The van der Waals surface area contributed by atoms with Crippen molar-refractivity contribution < 1.29 is 28.3 Å². The molecular formula is C26H32BNO6. The number of amides is 1. The highest BCUT2D eigenvalue weighted by Gasteiger charge is 2.52. The van der Waals surface area contributed by atoms with E-state index < -0.39 is 24.4 Å². The molecule has 1 N–H and O–H groups in total. The molecule has 180 valence electrons. The fraction of sp³-hybridized carbons (Fsp3) is 0.423. The zero-order valence-electron chi connectivity index (χ0n) is 20.2. The van der Waals surface area contributed by atoms with Gasteiger partial charge in [0.15, 0.2) is 6.29 Å². The van der Waals surface area contributed by atoms with Crippen molar-refractivity contribution >= 4 is 19.3 Å². The molecule has 2 aromatic carbocycles.